The third-order valence-corrected chi connectivity index (χ3v) is 2.45. The molecule has 0 saturated carbocycles. The van der Waals surface area contributed by atoms with Crippen molar-refractivity contribution >= 4 is 11.8 Å². The molecule has 1 rings (SSSR count). The van der Waals surface area contributed by atoms with E-state index in [9.17, 15) is 0 Å². The second kappa shape index (κ2) is 5.57. The van der Waals surface area contributed by atoms with Crippen LogP contribution in [0.5, 0.6) is 0 Å². The first-order chi connectivity index (χ1) is 6.36. The number of aromatic nitrogens is 1. The van der Waals surface area contributed by atoms with Crippen LogP contribution in [0.1, 0.15) is 11.3 Å². The van der Waals surface area contributed by atoms with Crippen LogP contribution in [0.4, 0.5) is 0 Å². The maximum Gasteiger partial charge on any atom is 0.140 e. The maximum atomic E-state index is 8.57. The van der Waals surface area contributed by atoms with Crippen LogP contribution in [0.25, 0.3) is 0 Å². The highest BCUT2D eigenvalue weighted by molar-refractivity contribution is 7.98. The second-order valence-corrected chi connectivity index (χ2v) is 3.54. The molecule has 0 aliphatic heterocycles. The minimum Gasteiger partial charge on any atom is -0.396 e. The maximum absolute atomic E-state index is 8.57. The summed E-state index contributed by atoms with van der Waals surface area (Å²) < 4.78 is 0. The van der Waals surface area contributed by atoms with Crippen molar-refractivity contribution in [3.8, 4) is 6.07 Å². The molecular weight excluding hydrogens is 184 g/mol. The second-order valence-electron chi connectivity index (χ2n) is 2.44. The quantitative estimate of drug-likeness (QED) is 0.731. The van der Waals surface area contributed by atoms with Gasteiger partial charge in [-0.1, -0.05) is 0 Å². The zero-order valence-corrected chi connectivity index (χ0v) is 7.92. The molecule has 4 heteroatoms. The summed E-state index contributed by atoms with van der Waals surface area (Å²) >= 11 is 1.64. The molecule has 1 aromatic rings. The number of aliphatic hydroxyl groups is 1. The lowest BCUT2D eigenvalue weighted by atomic mass is 10.2. The first kappa shape index (κ1) is 10.0. The fraction of sp³-hybridized carbons (Fsp3) is 0.333. The Balaban J connectivity index is 2.52. The van der Waals surface area contributed by atoms with Crippen molar-refractivity contribution < 1.29 is 5.11 Å². The average molecular weight is 194 g/mol. The largest absolute Gasteiger partial charge is 0.396 e. The molecule has 3 nitrogen and oxygen atoms in total. The van der Waals surface area contributed by atoms with Gasteiger partial charge in [-0.25, -0.2) is 4.98 Å². The highest BCUT2D eigenvalue weighted by Gasteiger charge is 1.95. The average Bonchev–Trinajstić information content (AvgIpc) is 2.19. The molecule has 0 aromatic carbocycles. The van der Waals surface area contributed by atoms with Gasteiger partial charge in [0.15, 0.2) is 0 Å². The highest BCUT2D eigenvalue weighted by atomic mass is 32.2. The minimum absolute atomic E-state index is 0.195. The molecule has 0 aliphatic rings. The Labute approximate surface area is 81.4 Å². The molecule has 0 bridgehead atoms. The van der Waals surface area contributed by atoms with E-state index in [4.69, 9.17) is 10.4 Å². The predicted octanol–water partition coefficient (Wildman–Crippen LogP) is 1.18. The lowest BCUT2D eigenvalue weighted by molar-refractivity contribution is 0.322. The van der Waals surface area contributed by atoms with Gasteiger partial charge in [0.25, 0.3) is 0 Å². The number of hydrogen-bond donors (Lipinski definition) is 1. The van der Waals surface area contributed by atoms with Crippen LogP contribution in [0.15, 0.2) is 18.3 Å². The summed E-state index contributed by atoms with van der Waals surface area (Å²) in [5.41, 5.74) is 1.52. The zero-order chi connectivity index (χ0) is 9.52. The van der Waals surface area contributed by atoms with E-state index >= 15 is 0 Å². The normalized spacial score (nSPS) is 9.54. The molecule has 0 atom stereocenters. The first-order valence-corrected chi connectivity index (χ1v) is 5.06. The minimum atomic E-state index is 0.195. The Morgan fingerprint density at radius 2 is 2.46 bits per heavy atom. The lowest BCUT2D eigenvalue weighted by Gasteiger charge is -1.99. The van der Waals surface area contributed by atoms with Crippen molar-refractivity contribution in [1.82, 2.24) is 4.98 Å². The van der Waals surface area contributed by atoms with Crippen molar-refractivity contribution in [2.75, 3.05) is 12.4 Å². The van der Waals surface area contributed by atoms with E-state index in [0.717, 1.165) is 17.1 Å². The van der Waals surface area contributed by atoms with Gasteiger partial charge in [-0.05, 0) is 17.7 Å². The van der Waals surface area contributed by atoms with Crippen molar-refractivity contribution in [1.29, 1.82) is 5.26 Å². The standard InChI is InChI=1S/C9H10N2OS/c10-6-9-5-8(1-2-11-9)7-13-4-3-12/h1-2,5,12H,3-4,7H2. The van der Waals surface area contributed by atoms with Gasteiger partial charge in [-0.3, -0.25) is 0 Å². The van der Waals surface area contributed by atoms with Crippen LogP contribution < -0.4 is 0 Å². The third-order valence-electron chi connectivity index (χ3n) is 1.44. The molecule has 68 valence electrons. The molecule has 13 heavy (non-hydrogen) atoms. The van der Waals surface area contributed by atoms with Gasteiger partial charge >= 0.3 is 0 Å². The van der Waals surface area contributed by atoms with Crippen molar-refractivity contribution in [2.45, 2.75) is 5.75 Å². The summed E-state index contributed by atoms with van der Waals surface area (Å²) in [6.07, 6.45) is 1.63. The van der Waals surface area contributed by atoms with Gasteiger partial charge in [0.05, 0.1) is 6.61 Å². The summed E-state index contributed by atoms with van der Waals surface area (Å²) in [5, 5.41) is 17.1. The van der Waals surface area contributed by atoms with Crippen LogP contribution in [-0.2, 0) is 5.75 Å². The number of nitriles is 1. The van der Waals surface area contributed by atoms with E-state index < -0.39 is 0 Å². The smallest absolute Gasteiger partial charge is 0.140 e. The first-order valence-electron chi connectivity index (χ1n) is 3.90. The predicted molar refractivity (Wildman–Crippen MR) is 52.2 cm³/mol. The fourth-order valence-electron chi connectivity index (χ4n) is 0.880. The van der Waals surface area contributed by atoms with Crippen molar-refractivity contribution in [2.24, 2.45) is 0 Å². The monoisotopic (exact) mass is 194 g/mol. The Hall–Kier alpha value is -1.05. The molecular formula is C9H10N2OS. The van der Waals surface area contributed by atoms with Gasteiger partial charge in [0.1, 0.15) is 11.8 Å². The van der Waals surface area contributed by atoms with E-state index in [1.807, 2.05) is 12.1 Å². The van der Waals surface area contributed by atoms with Gasteiger partial charge < -0.3 is 5.11 Å². The molecule has 0 saturated heterocycles. The van der Waals surface area contributed by atoms with Gasteiger partial charge in [0, 0.05) is 17.7 Å². The van der Waals surface area contributed by atoms with E-state index in [1.54, 1.807) is 24.0 Å². The Morgan fingerprint density at radius 1 is 1.62 bits per heavy atom. The summed E-state index contributed by atoms with van der Waals surface area (Å²) in [7, 11) is 0. The fourth-order valence-corrected chi connectivity index (χ4v) is 1.57. The number of pyridine rings is 1. The summed E-state index contributed by atoms with van der Waals surface area (Å²) in [6.45, 7) is 0.195. The molecule has 0 aliphatic carbocycles. The number of thioether (sulfide) groups is 1. The van der Waals surface area contributed by atoms with Gasteiger partial charge in [-0.2, -0.15) is 17.0 Å². The van der Waals surface area contributed by atoms with Crippen LogP contribution in [0, 0.1) is 11.3 Å². The van der Waals surface area contributed by atoms with E-state index in [1.165, 1.54) is 0 Å². The Kier molecular flexibility index (Phi) is 4.30. The molecule has 0 fully saturated rings. The van der Waals surface area contributed by atoms with Gasteiger partial charge in [0.2, 0.25) is 0 Å². The SMILES string of the molecule is N#Cc1cc(CSCCO)ccn1. The number of rotatable bonds is 4. The van der Waals surface area contributed by atoms with Gasteiger partial charge in [-0.15, -0.1) is 0 Å². The molecule has 0 radical (unpaired) electrons. The van der Waals surface area contributed by atoms with E-state index in [0.29, 0.717) is 5.69 Å². The van der Waals surface area contributed by atoms with Crippen LogP contribution >= 0.6 is 11.8 Å². The molecule has 0 spiro atoms. The zero-order valence-electron chi connectivity index (χ0n) is 7.10. The highest BCUT2D eigenvalue weighted by Crippen LogP contribution is 2.11. The third kappa shape index (κ3) is 3.45. The van der Waals surface area contributed by atoms with Crippen molar-refractivity contribution in [3.63, 3.8) is 0 Å². The summed E-state index contributed by atoms with van der Waals surface area (Å²) in [6, 6.07) is 5.64. The Bertz CT molecular complexity index is 309. The number of nitrogens with zero attached hydrogens (tertiary/aromatic N) is 2. The number of aliphatic hydroxyl groups excluding tert-OH is 1. The van der Waals surface area contributed by atoms with Crippen LogP contribution in [-0.4, -0.2) is 22.5 Å². The van der Waals surface area contributed by atoms with E-state index in [-0.39, 0.29) is 6.61 Å². The molecule has 1 aromatic heterocycles. The van der Waals surface area contributed by atoms with Crippen LogP contribution in [0.2, 0.25) is 0 Å². The summed E-state index contributed by atoms with van der Waals surface area (Å²) in [5.74, 6) is 1.54. The molecule has 0 amide bonds. The topological polar surface area (TPSA) is 56.9 Å². The van der Waals surface area contributed by atoms with E-state index in [2.05, 4.69) is 4.98 Å². The molecule has 0 unspecified atom stereocenters. The molecule has 1 heterocycles. The lowest BCUT2D eigenvalue weighted by Crippen LogP contribution is -1.89. The summed E-state index contributed by atoms with van der Waals surface area (Å²) in [4.78, 5) is 3.87. The Morgan fingerprint density at radius 3 is 3.15 bits per heavy atom. The molecule has 1 N–H and O–H groups in total. The van der Waals surface area contributed by atoms with Crippen LogP contribution in [0.3, 0.4) is 0 Å². The van der Waals surface area contributed by atoms with Crippen molar-refractivity contribution in [3.05, 3.63) is 29.6 Å². The number of hydrogen-bond acceptors (Lipinski definition) is 4.